The molecule has 0 saturated heterocycles. The molecule has 0 heterocycles. The second-order valence-corrected chi connectivity index (χ2v) is 9.99. The van der Waals surface area contributed by atoms with Crippen molar-refractivity contribution in [1.29, 1.82) is 0 Å². The maximum Gasteiger partial charge on any atom is 0.423 e. The SMILES string of the molecule is NCNC(=O)C(NC(=O)CSCC(NC(=O)CCC(N)C(=O)O)C(=O)NCC(=O)O)c1ccc(C(N)(N)C(F)(F)F)cc1. The lowest BCUT2D eigenvalue weighted by atomic mass is 9.97. The number of carbonyl (C=O) groups is 6. The molecule has 0 aliphatic rings. The maximum atomic E-state index is 13.2. The summed E-state index contributed by atoms with van der Waals surface area (Å²) in [6, 6.07) is 0.0285. The highest BCUT2D eigenvalue weighted by Crippen LogP contribution is 2.32. The van der Waals surface area contributed by atoms with E-state index in [9.17, 15) is 41.9 Å². The van der Waals surface area contributed by atoms with E-state index in [0.717, 1.165) is 36.0 Å². The van der Waals surface area contributed by atoms with Crippen LogP contribution >= 0.6 is 11.8 Å². The van der Waals surface area contributed by atoms with Crippen LogP contribution in [-0.4, -0.2) is 88.8 Å². The molecule has 16 nitrogen and oxygen atoms in total. The summed E-state index contributed by atoms with van der Waals surface area (Å²) >= 11 is 0.806. The number of nitrogens with two attached hydrogens (primary N) is 4. The summed E-state index contributed by atoms with van der Waals surface area (Å²) < 4.78 is 39.5. The third-order valence-corrected chi connectivity index (χ3v) is 6.65. The predicted molar refractivity (Wildman–Crippen MR) is 145 cm³/mol. The van der Waals surface area contributed by atoms with Crippen molar-refractivity contribution in [3.63, 3.8) is 0 Å². The van der Waals surface area contributed by atoms with Crippen LogP contribution in [0.2, 0.25) is 0 Å². The minimum Gasteiger partial charge on any atom is -0.480 e. The van der Waals surface area contributed by atoms with Crippen LogP contribution in [0.3, 0.4) is 0 Å². The van der Waals surface area contributed by atoms with Crippen LogP contribution in [0.4, 0.5) is 13.2 Å². The zero-order valence-corrected chi connectivity index (χ0v) is 23.3. The number of carbonyl (C=O) groups excluding carboxylic acids is 4. The first-order chi connectivity index (χ1) is 19.9. The molecule has 14 N–H and O–H groups in total. The molecule has 1 aromatic rings. The van der Waals surface area contributed by atoms with Gasteiger partial charge in [0.1, 0.15) is 24.7 Å². The van der Waals surface area contributed by atoms with Gasteiger partial charge >= 0.3 is 18.1 Å². The van der Waals surface area contributed by atoms with Crippen LogP contribution in [0.25, 0.3) is 0 Å². The first-order valence-corrected chi connectivity index (χ1v) is 13.4. The van der Waals surface area contributed by atoms with Crippen molar-refractivity contribution in [2.45, 2.75) is 42.8 Å². The Morgan fingerprint density at radius 2 is 1.51 bits per heavy atom. The average molecular weight is 639 g/mol. The monoisotopic (exact) mass is 638 g/mol. The molecule has 0 aliphatic carbocycles. The maximum absolute atomic E-state index is 13.2. The smallest absolute Gasteiger partial charge is 0.423 e. The minimum absolute atomic E-state index is 0.0591. The van der Waals surface area contributed by atoms with Gasteiger partial charge in [0, 0.05) is 12.2 Å². The van der Waals surface area contributed by atoms with E-state index in [-0.39, 0.29) is 30.8 Å². The number of benzene rings is 1. The molecule has 0 saturated carbocycles. The van der Waals surface area contributed by atoms with Crippen LogP contribution in [0, 0.1) is 0 Å². The number of hydrogen-bond donors (Lipinski definition) is 10. The number of carboxylic acids is 2. The van der Waals surface area contributed by atoms with Gasteiger partial charge < -0.3 is 54.4 Å². The van der Waals surface area contributed by atoms with Gasteiger partial charge in [-0.1, -0.05) is 24.3 Å². The molecule has 0 aromatic heterocycles. The number of rotatable bonds is 17. The van der Waals surface area contributed by atoms with Crippen LogP contribution in [0.5, 0.6) is 0 Å². The van der Waals surface area contributed by atoms with E-state index in [0.29, 0.717) is 0 Å². The number of carboxylic acid groups (broad SMARTS) is 2. The lowest BCUT2D eigenvalue weighted by Crippen LogP contribution is -2.57. The topological polar surface area (TPSA) is 295 Å². The van der Waals surface area contributed by atoms with E-state index in [1.807, 2.05) is 0 Å². The zero-order chi connectivity index (χ0) is 33.0. The quantitative estimate of drug-likeness (QED) is 0.0768. The minimum atomic E-state index is -4.98. The Morgan fingerprint density at radius 1 is 0.907 bits per heavy atom. The number of thioether (sulfide) groups is 1. The zero-order valence-electron chi connectivity index (χ0n) is 22.5. The summed E-state index contributed by atoms with van der Waals surface area (Å²) in [6.45, 7) is -1.10. The lowest BCUT2D eigenvalue weighted by Gasteiger charge is -2.28. The highest BCUT2D eigenvalue weighted by Gasteiger charge is 2.50. The Labute approximate surface area is 246 Å². The first kappa shape index (κ1) is 37.0. The summed E-state index contributed by atoms with van der Waals surface area (Å²) in [7, 11) is 0. The fourth-order valence-corrected chi connectivity index (χ4v) is 4.09. The van der Waals surface area contributed by atoms with Crippen molar-refractivity contribution in [2.75, 3.05) is 24.7 Å². The molecule has 43 heavy (non-hydrogen) atoms. The predicted octanol–water partition coefficient (Wildman–Crippen LogP) is -2.88. The first-order valence-electron chi connectivity index (χ1n) is 12.3. The van der Waals surface area contributed by atoms with Crippen molar-refractivity contribution in [3.05, 3.63) is 35.4 Å². The molecular weight excluding hydrogens is 605 g/mol. The molecule has 0 radical (unpaired) electrons. The van der Waals surface area contributed by atoms with E-state index in [2.05, 4.69) is 21.3 Å². The highest BCUT2D eigenvalue weighted by atomic mass is 32.2. The molecule has 3 unspecified atom stereocenters. The molecule has 0 fully saturated rings. The second kappa shape index (κ2) is 16.6. The van der Waals surface area contributed by atoms with Crippen molar-refractivity contribution in [1.82, 2.24) is 21.3 Å². The fourth-order valence-electron chi connectivity index (χ4n) is 3.24. The van der Waals surface area contributed by atoms with Gasteiger partial charge in [-0.2, -0.15) is 13.2 Å². The summed E-state index contributed by atoms with van der Waals surface area (Å²) in [4.78, 5) is 71.5. The van der Waals surface area contributed by atoms with Gasteiger partial charge in [-0.25, -0.2) is 0 Å². The van der Waals surface area contributed by atoms with Gasteiger partial charge in [0.25, 0.3) is 0 Å². The Bertz CT molecular complexity index is 1170. The second-order valence-electron chi connectivity index (χ2n) is 8.96. The molecule has 4 amide bonds. The van der Waals surface area contributed by atoms with Crippen molar-refractivity contribution < 1.29 is 52.2 Å². The van der Waals surface area contributed by atoms with E-state index in [4.69, 9.17) is 33.1 Å². The van der Waals surface area contributed by atoms with Crippen LogP contribution in [0.1, 0.15) is 30.0 Å². The average Bonchev–Trinajstić information content (AvgIpc) is 2.92. The van der Waals surface area contributed by atoms with Crippen molar-refractivity contribution in [3.8, 4) is 0 Å². The fraction of sp³-hybridized carbons (Fsp3) is 0.478. The van der Waals surface area contributed by atoms with Crippen LogP contribution < -0.4 is 44.2 Å². The molecule has 0 aliphatic heterocycles. The largest absolute Gasteiger partial charge is 0.480 e. The van der Waals surface area contributed by atoms with Crippen LogP contribution in [0.15, 0.2) is 24.3 Å². The van der Waals surface area contributed by atoms with E-state index < -0.39 is 83.4 Å². The lowest BCUT2D eigenvalue weighted by molar-refractivity contribution is -0.188. The third-order valence-electron chi connectivity index (χ3n) is 5.62. The Hall–Kier alpha value is -3.98. The Balaban J connectivity index is 2.94. The van der Waals surface area contributed by atoms with Gasteiger partial charge in [-0.05, 0) is 17.5 Å². The van der Waals surface area contributed by atoms with Crippen molar-refractivity contribution in [2.24, 2.45) is 22.9 Å². The van der Waals surface area contributed by atoms with Gasteiger partial charge in [0.2, 0.25) is 23.6 Å². The van der Waals surface area contributed by atoms with Gasteiger partial charge in [-0.15, -0.1) is 11.8 Å². The summed E-state index contributed by atoms with van der Waals surface area (Å²) in [5, 5.41) is 26.7. The van der Waals surface area contributed by atoms with Gasteiger partial charge in [0.05, 0.1) is 12.4 Å². The number of halogens is 3. The van der Waals surface area contributed by atoms with Crippen molar-refractivity contribution >= 4 is 47.3 Å². The summed E-state index contributed by atoms with van der Waals surface area (Å²) in [5.74, 6) is -6.58. The Kier molecular flexibility index (Phi) is 14.3. The molecular formula is C23H33F3N8O8S. The molecule has 3 atom stereocenters. The molecule has 20 heteroatoms. The Morgan fingerprint density at radius 3 is 2.02 bits per heavy atom. The van der Waals surface area contributed by atoms with E-state index in [1.54, 1.807) is 0 Å². The summed E-state index contributed by atoms with van der Waals surface area (Å²) in [6.07, 6.45) is -5.60. The normalized spacial score (nSPS) is 13.7. The molecule has 0 spiro atoms. The number of aliphatic carboxylic acids is 2. The number of amides is 4. The molecule has 240 valence electrons. The van der Waals surface area contributed by atoms with Gasteiger partial charge in [0.15, 0.2) is 5.66 Å². The molecule has 0 bridgehead atoms. The van der Waals surface area contributed by atoms with Crippen LogP contribution in [-0.2, 0) is 34.4 Å². The van der Waals surface area contributed by atoms with Gasteiger partial charge in [-0.3, -0.25) is 28.8 Å². The summed E-state index contributed by atoms with van der Waals surface area (Å²) in [5.41, 5.74) is 17.5. The number of alkyl halides is 3. The highest BCUT2D eigenvalue weighted by molar-refractivity contribution is 8.00. The third kappa shape index (κ3) is 12.0. The molecule has 1 aromatic carbocycles. The van der Waals surface area contributed by atoms with E-state index in [1.165, 1.54) is 0 Å². The molecule has 1 rings (SSSR count). The number of hydrogen-bond acceptors (Lipinski definition) is 11. The standard InChI is InChI=1S/C23H33F3N8O8S/c24-23(25,26)22(29,30)12-3-1-11(2-4-12)18(20(40)32-10-27)34-16(36)9-43-8-14(19(39)31-7-17(37)38)33-15(35)6-5-13(28)21(41)42/h1-4,13-14,18H,5-10,27-30H2,(H,31,39)(H,32,40)(H,33,35)(H,34,36)(H,37,38)(H,41,42). The number of nitrogens with one attached hydrogen (secondary N) is 4. The van der Waals surface area contributed by atoms with E-state index >= 15 is 0 Å².